The maximum Gasteiger partial charge on any atom is 0.401 e. The van der Waals surface area contributed by atoms with Crippen LogP contribution in [0.3, 0.4) is 0 Å². The molecule has 1 rings (SSSR count). The molecule has 0 aliphatic rings. The lowest BCUT2D eigenvalue weighted by Crippen LogP contribution is -2.37. The molecule has 20 heavy (non-hydrogen) atoms. The Labute approximate surface area is 116 Å². The molecule has 6 heteroatoms. The van der Waals surface area contributed by atoms with Crippen LogP contribution in [0.15, 0.2) is 24.3 Å². The van der Waals surface area contributed by atoms with E-state index in [9.17, 15) is 18.0 Å². The van der Waals surface area contributed by atoms with E-state index >= 15 is 0 Å². The molecule has 0 heterocycles. The number of hydrogen-bond donors (Lipinski definition) is 1. The summed E-state index contributed by atoms with van der Waals surface area (Å²) in [6.45, 7) is 0.245. The molecule has 3 nitrogen and oxygen atoms in total. The van der Waals surface area contributed by atoms with Crippen molar-refractivity contribution in [3.63, 3.8) is 0 Å². The zero-order valence-electron chi connectivity index (χ0n) is 11.3. The van der Waals surface area contributed by atoms with Gasteiger partial charge in [-0.1, -0.05) is 23.8 Å². The first-order valence-electron chi connectivity index (χ1n) is 6.31. The number of aliphatic hydroxyl groups is 1. The molecule has 0 saturated carbocycles. The number of rotatable bonds is 7. The minimum Gasteiger partial charge on any atom is -0.395 e. The summed E-state index contributed by atoms with van der Waals surface area (Å²) in [5.74, 6) is -0.196. The molecule has 0 aliphatic carbocycles. The monoisotopic (exact) mass is 289 g/mol. The second-order valence-electron chi connectivity index (χ2n) is 4.66. The Hall–Kier alpha value is -1.40. The summed E-state index contributed by atoms with van der Waals surface area (Å²) in [4.78, 5) is 12.9. The van der Waals surface area contributed by atoms with Gasteiger partial charge in [0.25, 0.3) is 0 Å². The molecule has 1 aromatic carbocycles. The van der Waals surface area contributed by atoms with Crippen LogP contribution >= 0.6 is 0 Å². The first-order valence-corrected chi connectivity index (χ1v) is 6.31. The molecule has 0 bridgehead atoms. The molecule has 0 unspecified atom stereocenters. The first-order chi connectivity index (χ1) is 9.31. The van der Waals surface area contributed by atoms with Crippen LogP contribution in [0.4, 0.5) is 13.2 Å². The van der Waals surface area contributed by atoms with Crippen molar-refractivity contribution < 1.29 is 23.1 Å². The number of aliphatic hydroxyl groups excluding tert-OH is 1. The first kappa shape index (κ1) is 16.7. The number of ketones is 1. The van der Waals surface area contributed by atoms with E-state index < -0.39 is 12.7 Å². The SMILES string of the molecule is Cc1cccc(C(=O)CCN(CCO)CC(F)(F)F)c1. The second kappa shape index (κ2) is 7.40. The summed E-state index contributed by atoms with van der Waals surface area (Å²) in [6, 6.07) is 6.94. The zero-order valence-corrected chi connectivity index (χ0v) is 11.3. The highest BCUT2D eigenvalue weighted by Gasteiger charge is 2.30. The predicted molar refractivity (Wildman–Crippen MR) is 69.7 cm³/mol. The zero-order chi connectivity index (χ0) is 15.2. The van der Waals surface area contributed by atoms with Gasteiger partial charge in [-0.15, -0.1) is 0 Å². The van der Waals surface area contributed by atoms with Crippen LogP contribution in [-0.2, 0) is 0 Å². The molecular formula is C14H18F3NO2. The van der Waals surface area contributed by atoms with E-state index in [2.05, 4.69) is 0 Å². The Morgan fingerprint density at radius 1 is 1.30 bits per heavy atom. The van der Waals surface area contributed by atoms with Gasteiger partial charge in [-0.25, -0.2) is 0 Å². The van der Waals surface area contributed by atoms with Gasteiger partial charge < -0.3 is 5.11 Å². The van der Waals surface area contributed by atoms with Gasteiger partial charge in [0.15, 0.2) is 5.78 Å². The van der Waals surface area contributed by atoms with Crippen molar-refractivity contribution in [3.8, 4) is 0 Å². The van der Waals surface area contributed by atoms with Gasteiger partial charge in [-0.05, 0) is 13.0 Å². The summed E-state index contributed by atoms with van der Waals surface area (Å²) in [5, 5.41) is 8.76. The highest BCUT2D eigenvalue weighted by atomic mass is 19.4. The maximum absolute atomic E-state index is 12.3. The topological polar surface area (TPSA) is 40.5 Å². The van der Waals surface area contributed by atoms with Crippen LogP contribution in [0.2, 0.25) is 0 Å². The molecule has 0 radical (unpaired) electrons. The lowest BCUT2D eigenvalue weighted by Gasteiger charge is -2.22. The number of alkyl halides is 3. The standard InChI is InChI=1S/C14H18F3NO2/c1-11-3-2-4-12(9-11)13(20)5-6-18(7-8-19)10-14(15,16)17/h2-4,9,19H,5-8,10H2,1H3. The molecule has 1 N–H and O–H groups in total. The van der Waals surface area contributed by atoms with Crippen molar-refractivity contribution in [1.29, 1.82) is 0 Å². The number of nitrogens with zero attached hydrogens (tertiary/aromatic N) is 1. The third-order valence-corrected chi connectivity index (χ3v) is 2.81. The van der Waals surface area contributed by atoms with E-state index in [1.54, 1.807) is 18.2 Å². The Balaban J connectivity index is 2.56. The number of hydrogen-bond acceptors (Lipinski definition) is 3. The highest BCUT2D eigenvalue weighted by Crippen LogP contribution is 2.17. The minimum atomic E-state index is -4.33. The Morgan fingerprint density at radius 2 is 2.00 bits per heavy atom. The lowest BCUT2D eigenvalue weighted by molar-refractivity contribution is -0.146. The average Bonchev–Trinajstić information content (AvgIpc) is 2.34. The van der Waals surface area contributed by atoms with E-state index in [4.69, 9.17) is 5.11 Å². The van der Waals surface area contributed by atoms with Gasteiger partial charge in [-0.3, -0.25) is 9.69 Å². The minimum absolute atomic E-state index is 0.000463. The molecule has 0 amide bonds. The van der Waals surface area contributed by atoms with Gasteiger partial charge in [0.1, 0.15) is 0 Å². The van der Waals surface area contributed by atoms with Gasteiger partial charge in [0.2, 0.25) is 0 Å². The van der Waals surface area contributed by atoms with E-state index in [1.807, 2.05) is 13.0 Å². The summed E-state index contributed by atoms with van der Waals surface area (Å²) in [6.07, 6.45) is -4.33. The van der Waals surface area contributed by atoms with Crippen LogP contribution < -0.4 is 0 Å². The molecule has 0 atom stereocenters. The van der Waals surface area contributed by atoms with Crippen molar-refractivity contribution in [2.75, 3.05) is 26.2 Å². The number of Topliss-reactive ketones (excluding diaryl/α,β-unsaturated/α-hetero) is 1. The number of carbonyl (C=O) groups is 1. The molecule has 0 fully saturated rings. The van der Waals surface area contributed by atoms with Gasteiger partial charge in [0.05, 0.1) is 13.2 Å². The summed E-state index contributed by atoms with van der Waals surface area (Å²) >= 11 is 0. The molecule has 0 saturated heterocycles. The quantitative estimate of drug-likeness (QED) is 0.784. The Morgan fingerprint density at radius 3 is 2.55 bits per heavy atom. The fourth-order valence-electron chi connectivity index (χ4n) is 1.89. The largest absolute Gasteiger partial charge is 0.401 e. The van der Waals surface area contributed by atoms with Crippen molar-refractivity contribution in [2.45, 2.75) is 19.5 Å². The number of carbonyl (C=O) groups excluding carboxylic acids is 1. The number of benzene rings is 1. The van der Waals surface area contributed by atoms with Crippen LogP contribution in [0, 0.1) is 6.92 Å². The Kier molecular flexibility index (Phi) is 6.16. The number of halogens is 3. The fourth-order valence-corrected chi connectivity index (χ4v) is 1.89. The van der Waals surface area contributed by atoms with Crippen molar-refractivity contribution >= 4 is 5.78 Å². The molecule has 0 spiro atoms. The smallest absolute Gasteiger partial charge is 0.395 e. The van der Waals surface area contributed by atoms with Crippen molar-refractivity contribution in [2.24, 2.45) is 0 Å². The third-order valence-electron chi connectivity index (χ3n) is 2.81. The van der Waals surface area contributed by atoms with E-state index in [0.29, 0.717) is 5.56 Å². The van der Waals surface area contributed by atoms with E-state index in [1.165, 1.54) is 0 Å². The average molecular weight is 289 g/mol. The molecule has 1 aromatic rings. The summed E-state index contributed by atoms with van der Waals surface area (Å²) < 4.78 is 37.0. The van der Waals surface area contributed by atoms with E-state index in [-0.39, 0.29) is 31.9 Å². The van der Waals surface area contributed by atoms with Gasteiger partial charge >= 0.3 is 6.18 Å². The summed E-state index contributed by atoms with van der Waals surface area (Å²) in [5.41, 5.74) is 1.43. The third kappa shape index (κ3) is 6.16. The van der Waals surface area contributed by atoms with E-state index in [0.717, 1.165) is 10.5 Å². The van der Waals surface area contributed by atoms with Crippen LogP contribution in [-0.4, -0.2) is 48.2 Å². The molecular weight excluding hydrogens is 271 g/mol. The maximum atomic E-state index is 12.3. The predicted octanol–water partition coefficient (Wildman–Crippen LogP) is 2.42. The normalized spacial score (nSPS) is 11.9. The van der Waals surface area contributed by atoms with Crippen LogP contribution in [0.25, 0.3) is 0 Å². The van der Waals surface area contributed by atoms with Crippen molar-refractivity contribution in [1.82, 2.24) is 4.90 Å². The van der Waals surface area contributed by atoms with Crippen LogP contribution in [0.1, 0.15) is 22.3 Å². The molecule has 0 aliphatic heterocycles. The highest BCUT2D eigenvalue weighted by molar-refractivity contribution is 5.96. The fraction of sp³-hybridized carbons (Fsp3) is 0.500. The molecule has 0 aromatic heterocycles. The summed E-state index contributed by atoms with van der Waals surface area (Å²) in [7, 11) is 0. The van der Waals surface area contributed by atoms with Crippen molar-refractivity contribution in [3.05, 3.63) is 35.4 Å². The van der Waals surface area contributed by atoms with Gasteiger partial charge in [0, 0.05) is 25.1 Å². The van der Waals surface area contributed by atoms with Crippen LogP contribution in [0.5, 0.6) is 0 Å². The van der Waals surface area contributed by atoms with Gasteiger partial charge in [-0.2, -0.15) is 13.2 Å². The Bertz CT molecular complexity index is 446. The molecule has 112 valence electrons. The lowest BCUT2D eigenvalue weighted by atomic mass is 10.1. The number of aryl methyl sites for hydroxylation is 1. The second-order valence-corrected chi connectivity index (χ2v) is 4.66.